The number of ketones is 1. The first-order chi connectivity index (χ1) is 14.5. The van der Waals surface area contributed by atoms with Crippen LogP contribution in [0.3, 0.4) is 0 Å². The van der Waals surface area contributed by atoms with Crippen LogP contribution in [-0.2, 0) is 30.3 Å². The number of esters is 2. The van der Waals surface area contributed by atoms with E-state index in [0.29, 0.717) is 12.8 Å². The Morgan fingerprint density at radius 2 is 1.63 bits per heavy atom. The van der Waals surface area contributed by atoms with E-state index >= 15 is 0 Å². The molecule has 5 nitrogen and oxygen atoms in total. The SMILES string of the molecule is CCOC(=O)C1(C(=O)OCC)CC[C@]2(C=Cc3ccc4ccccc4c3C2)C(=O)C1. The molecular weight excluding hydrogens is 380 g/mol. The first-order valence-electron chi connectivity index (χ1n) is 10.5. The Morgan fingerprint density at radius 1 is 0.933 bits per heavy atom. The van der Waals surface area contributed by atoms with E-state index in [1.807, 2.05) is 24.3 Å². The third kappa shape index (κ3) is 3.13. The van der Waals surface area contributed by atoms with E-state index in [1.54, 1.807) is 13.8 Å². The van der Waals surface area contributed by atoms with Crippen molar-refractivity contribution in [2.45, 2.75) is 39.5 Å². The van der Waals surface area contributed by atoms with Crippen LogP contribution in [0.1, 0.15) is 44.2 Å². The average Bonchev–Trinajstić information content (AvgIpc) is 2.76. The predicted molar refractivity (Wildman–Crippen MR) is 114 cm³/mol. The van der Waals surface area contributed by atoms with Crippen molar-refractivity contribution in [3.8, 4) is 0 Å². The molecule has 0 heterocycles. The Balaban J connectivity index is 1.69. The van der Waals surface area contributed by atoms with E-state index in [1.165, 1.54) is 0 Å². The summed E-state index contributed by atoms with van der Waals surface area (Å²) in [7, 11) is 0. The van der Waals surface area contributed by atoms with Crippen LogP contribution in [0, 0.1) is 10.8 Å². The summed E-state index contributed by atoms with van der Waals surface area (Å²) in [5.41, 5.74) is 0.00404. The Hall–Kier alpha value is -2.95. The van der Waals surface area contributed by atoms with E-state index < -0.39 is 22.8 Å². The topological polar surface area (TPSA) is 69.7 Å². The van der Waals surface area contributed by atoms with Gasteiger partial charge in [-0.25, -0.2) is 0 Å². The summed E-state index contributed by atoms with van der Waals surface area (Å²) in [4.78, 5) is 38.9. The molecule has 0 aliphatic heterocycles. The molecule has 5 heteroatoms. The molecule has 1 fully saturated rings. The number of fused-ring (bicyclic) bond motifs is 3. The van der Waals surface area contributed by atoms with Crippen molar-refractivity contribution in [3.63, 3.8) is 0 Å². The van der Waals surface area contributed by atoms with Gasteiger partial charge in [0, 0.05) is 6.42 Å². The molecule has 0 saturated heterocycles. The quantitative estimate of drug-likeness (QED) is 0.560. The van der Waals surface area contributed by atoms with Crippen molar-refractivity contribution in [1.29, 1.82) is 0 Å². The molecule has 2 aromatic carbocycles. The maximum absolute atomic E-state index is 13.5. The zero-order chi connectivity index (χ0) is 21.4. The van der Waals surface area contributed by atoms with Gasteiger partial charge in [0.15, 0.2) is 5.41 Å². The number of hydrogen-bond donors (Lipinski definition) is 0. The molecule has 30 heavy (non-hydrogen) atoms. The zero-order valence-electron chi connectivity index (χ0n) is 17.4. The van der Waals surface area contributed by atoms with Crippen LogP contribution in [0.5, 0.6) is 0 Å². The molecule has 0 bridgehead atoms. The van der Waals surface area contributed by atoms with E-state index in [4.69, 9.17) is 9.47 Å². The summed E-state index contributed by atoms with van der Waals surface area (Å²) in [6.07, 6.45) is 5.00. The van der Waals surface area contributed by atoms with E-state index in [2.05, 4.69) is 24.3 Å². The molecule has 2 aromatic rings. The number of ether oxygens (including phenoxy) is 2. The Labute approximate surface area is 176 Å². The number of carbonyl (C=O) groups excluding carboxylic acids is 3. The second-order valence-corrected chi connectivity index (χ2v) is 8.14. The Morgan fingerprint density at radius 3 is 2.30 bits per heavy atom. The van der Waals surface area contributed by atoms with Crippen molar-refractivity contribution < 1.29 is 23.9 Å². The molecule has 0 aromatic heterocycles. The summed E-state index contributed by atoms with van der Waals surface area (Å²) in [5.74, 6) is -1.42. The fourth-order valence-corrected chi connectivity index (χ4v) is 4.78. The van der Waals surface area contributed by atoms with Gasteiger partial charge in [-0.2, -0.15) is 0 Å². The van der Waals surface area contributed by atoms with Gasteiger partial charge in [0.2, 0.25) is 0 Å². The van der Waals surface area contributed by atoms with Crippen molar-refractivity contribution in [2.24, 2.45) is 10.8 Å². The van der Waals surface area contributed by atoms with Gasteiger partial charge in [-0.1, -0.05) is 48.6 Å². The van der Waals surface area contributed by atoms with Crippen molar-refractivity contribution in [2.75, 3.05) is 13.2 Å². The van der Waals surface area contributed by atoms with E-state index in [-0.39, 0.29) is 31.8 Å². The molecule has 0 radical (unpaired) electrons. The highest BCUT2D eigenvalue weighted by atomic mass is 16.6. The molecule has 1 saturated carbocycles. The molecule has 0 N–H and O–H groups in total. The first kappa shape index (κ1) is 20.3. The highest BCUT2D eigenvalue weighted by Gasteiger charge is 2.57. The smallest absolute Gasteiger partial charge is 0.323 e. The third-order valence-corrected chi connectivity index (χ3v) is 6.50. The first-order valence-corrected chi connectivity index (χ1v) is 10.5. The molecule has 2 aliphatic carbocycles. The average molecular weight is 406 g/mol. The number of benzene rings is 2. The summed E-state index contributed by atoms with van der Waals surface area (Å²) in [6, 6.07) is 12.3. The van der Waals surface area contributed by atoms with Gasteiger partial charge in [0.1, 0.15) is 5.78 Å². The lowest BCUT2D eigenvalue weighted by Gasteiger charge is -2.42. The molecule has 156 valence electrons. The lowest BCUT2D eigenvalue weighted by Crippen LogP contribution is -2.51. The fourth-order valence-electron chi connectivity index (χ4n) is 4.78. The van der Waals surface area contributed by atoms with E-state index in [0.717, 1.165) is 21.9 Å². The van der Waals surface area contributed by atoms with Crippen LogP contribution in [0.2, 0.25) is 0 Å². The lowest BCUT2D eigenvalue weighted by atomic mass is 9.59. The molecule has 0 unspecified atom stereocenters. The van der Waals surface area contributed by atoms with Gasteiger partial charge in [-0.3, -0.25) is 14.4 Å². The standard InChI is InChI=1S/C25H26O5/c1-3-29-22(27)25(23(28)30-4-2)14-13-24(21(26)16-25)12-11-18-10-9-17-7-5-6-8-19(17)20(18)15-24/h5-12H,3-4,13-16H2,1-2H3/t24-/m0/s1. The predicted octanol–water partition coefficient (Wildman–Crippen LogP) is 4.26. The normalized spacial score (nSPS) is 22.0. The second kappa shape index (κ2) is 7.71. The Bertz CT molecular complexity index is 1030. The fraction of sp³-hybridized carbons (Fsp3) is 0.400. The molecular formula is C25H26O5. The maximum Gasteiger partial charge on any atom is 0.323 e. The summed E-state index contributed by atoms with van der Waals surface area (Å²) in [5, 5.41) is 2.27. The van der Waals surface area contributed by atoms with Gasteiger partial charge in [0.25, 0.3) is 0 Å². The number of hydrogen-bond acceptors (Lipinski definition) is 5. The highest BCUT2D eigenvalue weighted by molar-refractivity contribution is 6.07. The minimum absolute atomic E-state index is 0.107. The summed E-state index contributed by atoms with van der Waals surface area (Å²) >= 11 is 0. The van der Waals surface area contributed by atoms with Crippen LogP contribution < -0.4 is 0 Å². The van der Waals surface area contributed by atoms with Gasteiger partial charge >= 0.3 is 11.9 Å². The second-order valence-electron chi connectivity index (χ2n) is 8.14. The van der Waals surface area contributed by atoms with Gasteiger partial charge in [0.05, 0.1) is 18.6 Å². The number of Topliss-reactive ketones (excluding diaryl/α,β-unsaturated/α-hetero) is 1. The maximum atomic E-state index is 13.5. The number of rotatable bonds is 4. The van der Waals surface area contributed by atoms with Crippen LogP contribution in [0.15, 0.2) is 42.5 Å². The van der Waals surface area contributed by atoms with Crippen LogP contribution >= 0.6 is 0 Å². The molecule has 2 aliphatic rings. The molecule has 0 amide bonds. The van der Waals surface area contributed by atoms with Crippen LogP contribution in [-0.4, -0.2) is 30.9 Å². The van der Waals surface area contributed by atoms with Crippen molar-refractivity contribution in [3.05, 3.63) is 53.6 Å². The van der Waals surface area contributed by atoms with Crippen molar-refractivity contribution in [1.82, 2.24) is 0 Å². The largest absolute Gasteiger partial charge is 0.465 e. The van der Waals surface area contributed by atoms with Gasteiger partial charge < -0.3 is 9.47 Å². The minimum Gasteiger partial charge on any atom is -0.465 e. The van der Waals surface area contributed by atoms with E-state index in [9.17, 15) is 14.4 Å². The highest BCUT2D eigenvalue weighted by Crippen LogP contribution is 2.50. The lowest BCUT2D eigenvalue weighted by molar-refractivity contribution is -0.178. The molecule has 1 atom stereocenters. The zero-order valence-corrected chi connectivity index (χ0v) is 17.4. The summed E-state index contributed by atoms with van der Waals surface area (Å²) < 4.78 is 10.4. The van der Waals surface area contributed by atoms with Crippen LogP contribution in [0.25, 0.3) is 16.8 Å². The van der Waals surface area contributed by atoms with Gasteiger partial charge in [-0.05, 0) is 55.0 Å². The van der Waals surface area contributed by atoms with Crippen LogP contribution in [0.4, 0.5) is 0 Å². The monoisotopic (exact) mass is 406 g/mol. The molecule has 4 rings (SSSR count). The minimum atomic E-state index is -1.54. The third-order valence-electron chi connectivity index (χ3n) is 6.50. The number of allylic oxidation sites excluding steroid dienone is 1. The van der Waals surface area contributed by atoms with Crippen molar-refractivity contribution >= 4 is 34.6 Å². The molecule has 1 spiro atoms. The Kier molecular flexibility index (Phi) is 5.22. The number of carbonyl (C=O) groups is 3. The van der Waals surface area contributed by atoms with Gasteiger partial charge in [-0.15, -0.1) is 0 Å². The summed E-state index contributed by atoms with van der Waals surface area (Å²) in [6.45, 7) is 3.68.